The molecule has 0 bridgehead atoms. The van der Waals surface area contributed by atoms with Gasteiger partial charge in [0.05, 0.1) is 5.60 Å². The van der Waals surface area contributed by atoms with Gasteiger partial charge in [-0.15, -0.1) is 0 Å². The lowest BCUT2D eigenvalue weighted by atomic mass is 9.66. The van der Waals surface area contributed by atoms with Gasteiger partial charge in [-0.1, -0.05) is 62.2 Å². The molecule has 0 heterocycles. The summed E-state index contributed by atoms with van der Waals surface area (Å²) in [6.07, 6.45) is 4.24. The Morgan fingerprint density at radius 1 is 1.07 bits per heavy atom. The molecule has 3 unspecified atom stereocenters. The van der Waals surface area contributed by atoms with Crippen LogP contribution in [0, 0.1) is 5.92 Å². The molecule has 3 rings (SSSR count). The van der Waals surface area contributed by atoms with E-state index in [1.54, 1.807) is 0 Å². The third-order valence-corrected chi connectivity index (χ3v) is 5.95. The molecular formula is C24H33NO2. The molecule has 0 amide bonds. The standard InChI is InChI=1S/C24H33NO2/c1-19(17-25(2)3)24(26)16-8-7-11-23(24)21-12-14-22(15-13-21)27-18-20-9-5-4-6-10-20/h4-6,9-10,12-15,19,23,26H,7-8,11,16-18H2,1-3H3. The van der Waals surface area contributed by atoms with Gasteiger partial charge in [-0.2, -0.15) is 0 Å². The zero-order valence-corrected chi connectivity index (χ0v) is 16.9. The van der Waals surface area contributed by atoms with E-state index < -0.39 is 5.60 Å². The molecule has 2 aromatic rings. The Kier molecular flexibility index (Phi) is 6.56. The summed E-state index contributed by atoms with van der Waals surface area (Å²) in [7, 11) is 4.16. The molecule has 0 aromatic heterocycles. The topological polar surface area (TPSA) is 32.7 Å². The Morgan fingerprint density at radius 2 is 1.78 bits per heavy atom. The average Bonchev–Trinajstić information content (AvgIpc) is 2.67. The minimum atomic E-state index is -0.630. The van der Waals surface area contributed by atoms with Crippen LogP contribution in [0.4, 0.5) is 0 Å². The number of hydrogen-bond acceptors (Lipinski definition) is 3. The SMILES string of the molecule is CC(CN(C)C)C1(O)CCCCC1c1ccc(OCc2ccccc2)cc1. The third-order valence-electron chi connectivity index (χ3n) is 5.95. The van der Waals surface area contributed by atoms with Crippen LogP contribution in [0.2, 0.25) is 0 Å². The molecule has 146 valence electrons. The van der Waals surface area contributed by atoms with E-state index in [0.717, 1.165) is 31.6 Å². The summed E-state index contributed by atoms with van der Waals surface area (Å²) in [5, 5.41) is 11.6. The van der Waals surface area contributed by atoms with Crippen LogP contribution in [-0.2, 0) is 6.61 Å². The second-order valence-corrected chi connectivity index (χ2v) is 8.30. The van der Waals surface area contributed by atoms with Gasteiger partial charge >= 0.3 is 0 Å². The number of benzene rings is 2. The maximum absolute atomic E-state index is 11.6. The average molecular weight is 368 g/mol. The molecule has 1 fully saturated rings. The van der Waals surface area contributed by atoms with Crippen molar-refractivity contribution < 1.29 is 9.84 Å². The van der Waals surface area contributed by atoms with E-state index in [1.807, 2.05) is 30.3 Å². The highest BCUT2D eigenvalue weighted by Gasteiger charge is 2.43. The molecule has 3 atom stereocenters. The number of ether oxygens (including phenoxy) is 1. The minimum Gasteiger partial charge on any atom is -0.489 e. The molecule has 0 spiro atoms. The summed E-state index contributed by atoms with van der Waals surface area (Å²) >= 11 is 0. The van der Waals surface area contributed by atoms with Crippen molar-refractivity contribution in [1.82, 2.24) is 4.90 Å². The fraction of sp³-hybridized carbons (Fsp3) is 0.500. The van der Waals surface area contributed by atoms with Crippen molar-refractivity contribution in [3.05, 3.63) is 65.7 Å². The Hall–Kier alpha value is -1.84. The van der Waals surface area contributed by atoms with Crippen LogP contribution in [-0.4, -0.2) is 36.2 Å². The highest BCUT2D eigenvalue weighted by Crippen LogP contribution is 2.45. The molecule has 1 aliphatic rings. The first-order chi connectivity index (χ1) is 13.0. The highest BCUT2D eigenvalue weighted by atomic mass is 16.5. The van der Waals surface area contributed by atoms with Gasteiger partial charge < -0.3 is 14.7 Å². The molecule has 0 radical (unpaired) electrons. The first-order valence-corrected chi connectivity index (χ1v) is 10.1. The first kappa shape index (κ1) is 19.9. The predicted octanol–water partition coefficient (Wildman–Crippen LogP) is 4.85. The Labute approximate surface area is 164 Å². The zero-order valence-electron chi connectivity index (χ0n) is 16.9. The Balaban J connectivity index is 1.70. The van der Waals surface area contributed by atoms with E-state index in [0.29, 0.717) is 6.61 Å². The van der Waals surface area contributed by atoms with Gasteiger partial charge in [0.25, 0.3) is 0 Å². The van der Waals surface area contributed by atoms with E-state index in [-0.39, 0.29) is 11.8 Å². The molecule has 3 nitrogen and oxygen atoms in total. The van der Waals surface area contributed by atoms with Crippen molar-refractivity contribution in [2.24, 2.45) is 5.92 Å². The van der Waals surface area contributed by atoms with Crippen LogP contribution < -0.4 is 4.74 Å². The van der Waals surface area contributed by atoms with Crippen molar-refractivity contribution >= 4 is 0 Å². The number of aliphatic hydroxyl groups is 1. The van der Waals surface area contributed by atoms with Crippen molar-refractivity contribution in [1.29, 1.82) is 0 Å². The van der Waals surface area contributed by atoms with Gasteiger partial charge in [0.2, 0.25) is 0 Å². The smallest absolute Gasteiger partial charge is 0.119 e. The molecule has 27 heavy (non-hydrogen) atoms. The molecule has 3 heteroatoms. The minimum absolute atomic E-state index is 0.198. The van der Waals surface area contributed by atoms with Crippen LogP contribution in [0.5, 0.6) is 5.75 Å². The maximum Gasteiger partial charge on any atom is 0.119 e. The summed E-state index contributed by atoms with van der Waals surface area (Å²) < 4.78 is 5.92. The fourth-order valence-electron chi connectivity index (χ4n) is 4.47. The largest absolute Gasteiger partial charge is 0.489 e. The van der Waals surface area contributed by atoms with Crippen molar-refractivity contribution in [3.8, 4) is 5.75 Å². The van der Waals surface area contributed by atoms with Crippen LogP contribution in [0.15, 0.2) is 54.6 Å². The van der Waals surface area contributed by atoms with E-state index in [9.17, 15) is 5.11 Å². The lowest BCUT2D eigenvalue weighted by Gasteiger charge is -2.45. The van der Waals surface area contributed by atoms with Crippen LogP contribution in [0.25, 0.3) is 0 Å². The van der Waals surface area contributed by atoms with Gasteiger partial charge in [-0.3, -0.25) is 0 Å². The summed E-state index contributed by atoms with van der Waals surface area (Å²) in [6.45, 7) is 3.67. The molecule has 1 N–H and O–H groups in total. The third kappa shape index (κ3) is 4.91. The molecule has 1 aliphatic carbocycles. The monoisotopic (exact) mass is 367 g/mol. The Morgan fingerprint density at radius 3 is 2.44 bits per heavy atom. The van der Waals surface area contributed by atoms with E-state index >= 15 is 0 Å². The van der Waals surface area contributed by atoms with Crippen LogP contribution >= 0.6 is 0 Å². The number of nitrogens with zero attached hydrogens (tertiary/aromatic N) is 1. The summed E-state index contributed by atoms with van der Waals surface area (Å²) in [6, 6.07) is 18.6. The zero-order chi connectivity index (χ0) is 19.3. The maximum atomic E-state index is 11.6. The second kappa shape index (κ2) is 8.90. The van der Waals surface area contributed by atoms with Gasteiger partial charge in [-0.25, -0.2) is 0 Å². The normalized spacial score (nSPS) is 24.0. The van der Waals surface area contributed by atoms with Crippen molar-refractivity contribution in [3.63, 3.8) is 0 Å². The van der Waals surface area contributed by atoms with E-state index in [2.05, 4.69) is 50.2 Å². The number of rotatable bonds is 7. The van der Waals surface area contributed by atoms with Gasteiger partial charge in [0.1, 0.15) is 12.4 Å². The molecule has 1 saturated carbocycles. The molecule has 2 aromatic carbocycles. The van der Waals surface area contributed by atoms with E-state index in [4.69, 9.17) is 4.74 Å². The van der Waals surface area contributed by atoms with Gasteiger partial charge in [0, 0.05) is 12.5 Å². The summed E-state index contributed by atoms with van der Waals surface area (Å²) in [5.74, 6) is 1.32. The molecule has 0 saturated heterocycles. The molecule has 0 aliphatic heterocycles. The van der Waals surface area contributed by atoms with Crippen molar-refractivity contribution in [2.75, 3.05) is 20.6 Å². The van der Waals surface area contributed by atoms with Crippen LogP contribution in [0.3, 0.4) is 0 Å². The second-order valence-electron chi connectivity index (χ2n) is 8.30. The number of hydrogen-bond donors (Lipinski definition) is 1. The summed E-state index contributed by atoms with van der Waals surface area (Å²) in [4.78, 5) is 2.18. The quantitative estimate of drug-likeness (QED) is 0.759. The summed E-state index contributed by atoms with van der Waals surface area (Å²) in [5.41, 5.74) is 1.77. The lowest BCUT2D eigenvalue weighted by molar-refractivity contribution is -0.0677. The van der Waals surface area contributed by atoms with E-state index in [1.165, 1.54) is 17.5 Å². The predicted molar refractivity (Wildman–Crippen MR) is 111 cm³/mol. The molecular weight excluding hydrogens is 334 g/mol. The lowest BCUT2D eigenvalue weighted by Crippen LogP contribution is -2.48. The van der Waals surface area contributed by atoms with Gasteiger partial charge in [-0.05, 0) is 56.1 Å². The highest BCUT2D eigenvalue weighted by molar-refractivity contribution is 5.32. The Bertz CT molecular complexity index is 698. The van der Waals surface area contributed by atoms with Gasteiger partial charge in [0.15, 0.2) is 0 Å². The first-order valence-electron chi connectivity index (χ1n) is 10.1. The fourth-order valence-corrected chi connectivity index (χ4v) is 4.47. The van der Waals surface area contributed by atoms with Crippen molar-refractivity contribution in [2.45, 2.75) is 50.7 Å². The van der Waals surface area contributed by atoms with Crippen LogP contribution in [0.1, 0.15) is 49.7 Å².